The molecule has 0 unspecified atom stereocenters. The Morgan fingerprint density at radius 1 is 0.905 bits per heavy atom. The molecule has 0 bridgehead atoms. The summed E-state index contributed by atoms with van der Waals surface area (Å²) < 4.78 is 0. The van der Waals surface area contributed by atoms with E-state index in [0.29, 0.717) is 0 Å². The highest BCUT2D eigenvalue weighted by atomic mass is 32.1. The molecular formula is C19H19NS. The van der Waals surface area contributed by atoms with Crippen molar-refractivity contribution in [3.63, 3.8) is 0 Å². The van der Waals surface area contributed by atoms with Crippen molar-refractivity contribution in [2.24, 2.45) is 0 Å². The first-order valence-corrected chi connectivity index (χ1v) is 8.04. The average Bonchev–Trinajstić information content (AvgIpc) is 2.98. The van der Waals surface area contributed by atoms with E-state index >= 15 is 0 Å². The number of nitrogens with one attached hydrogen (secondary N) is 1. The van der Waals surface area contributed by atoms with Crippen LogP contribution in [0.5, 0.6) is 0 Å². The lowest BCUT2D eigenvalue weighted by molar-refractivity contribution is 1.17. The zero-order chi connectivity index (χ0) is 14.7. The van der Waals surface area contributed by atoms with Crippen molar-refractivity contribution in [3.05, 3.63) is 76.0 Å². The first kappa shape index (κ1) is 13.9. The normalized spacial score (nSPS) is 10.6. The third-order valence-electron chi connectivity index (χ3n) is 3.61. The first-order chi connectivity index (χ1) is 10.2. The van der Waals surface area contributed by atoms with E-state index < -0.39 is 0 Å². The van der Waals surface area contributed by atoms with E-state index in [1.54, 1.807) is 0 Å². The van der Waals surface area contributed by atoms with Gasteiger partial charge in [-0.3, -0.25) is 0 Å². The fraction of sp³-hybridized carbons (Fsp3) is 0.158. The second-order valence-electron chi connectivity index (χ2n) is 5.34. The van der Waals surface area contributed by atoms with Crippen LogP contribution in [0.2, 0.25) is 0 Å². The van der Waals surface area contributed by atoms with Gasteiger partial charge >= 0.3 is 0 Å². The summed E-state index contributed by atoms with van der Waals surface area (Å²) in [5.41, 5.74) is 6.40. The van der Waals surface area contributed by atoms with Crippen molar-refractivity contribution in [3.8, 4) is 11.1 Å². The number of anilines is 1. The summed E-state index contributed by atoms with van der Waals surface area (Å²) in [6, 6.07) is 19.3. The first-order valence-electron chi connectivity index (χ1n) is 7.16. The number of benzene rings is 2. The zero-order valence-electron chi connectivity index (χ0n) is 12.4. The molecular weight excluding hydrogens is 274 g/mol. The van der Waals surface area contributed by atoms with Crippen LogP contribution < -0.4 is 5.32 Å². The van der Waals surface area contributed by atoms with Gasteiger partial charge in [-0.2, -0.15) is 0 Å². The number of aryl methyl sites for hydroxylation is 2. The van der Waals surface area contributed by atoms with E-state index in [9.17, 15) is 0 Å². The Balaban J connectivity index is 1.72. The summed E-state index contributed by atoms with van der Waals surface area (Å²) in [6.07, 6.45) is 0. The van der Waals surface area contributed by atoms with Crippen molar-refractivity contribution < 1.29 is 0 Å². The lowest BCUT2D eigenvalue weighted by atomic mass is 10.1. The molecule has 0 saturated heterocycles. The van der Waals surface area contributed by atoms with E-state index in [4.69, 9.17) is 0 Å². The van der Waals surface area contributed by atoms with Crippen molar-refractivity contribution >= 4 is 17.0 Å². The van der Waals surface area contributed by atoms with Crippen molar-refractivity contribution in [2.75, 3.05) is 5.32 Å². The number of rotatable bonds is 4. The Morgan fingerprint density at radius 2 is 1.71 bits per heavy atom. The molecule has 0 atom stereocenters. The van der Waals surface area contributed by atoms with Crippen LogP contribution in [-0.4, -0.2) is 0 Å². The van der Waals surface area contributed by atoms with Gasteiger partial charge in [0.25, 0.3) is 0 Å². The van der Waals surface area contributed by atoms with Gasteiger partial charge in [-0.15, -0.1) is 11.3 Å². The molecule has 3 aromatic rings. The SMILES string of the molecule is Cc1ccc(C)c(NCc2cc(-c3ccccc3)cs2)c1. The predicted octanol–water partition coefficient (Wildman–Crippen LogP) is 5.64. The van der Waals surface area contributed by atoms with Gasteiger partial charge in [-0.05, 0) is 53.6 Å². The van der Waals surface area contributed by atoms with Gasteiger partial charge in [0.15, 0.2) is 0 Å². The van der Waals surface area contributed by atoms with E-state index in [0.717, 1.165) is 6.54 Å². The fourth-order valence-electron chi connectivity index (χ4n) is 2.36. The third kappa shape index (κ3) is 3.34. The minimum Gasteiger partial charge on any atom is -0.380 e. The van der Waals surface area contributed by atoms with Gasteiger partial charge in [0.2, 0.25) is 0 Å². The lowest BCUT2D eigenvalue weighted by Crippen LogP contribution is -1.99. The molecule has 1 aromatic heterocycles. The predicted molar refractivity (Wildman–Crippen MR) is 93.0 cm³/mol. The van der Waals surface area contributed by atoms with E-state index in [1.807, 2.05) is 11.3 Å². The van der Waals surface area contributed by atoms with Crippen LogP contribution in [0.3, 0.4) is 0 Å². The van der Waals surface area contributed by atoms with Crippen LogP contribution in [0.15, 0.2) is 60.0 Å². The molecule has 0 amide bonds. The Kier molecular flexibility index (Phi) is 4.07. The number of hydrogen-bond acceptors (Lipinski definition) is 2. The van der Waals surface area contributed by atoms with Gasteiger partial charge in [-0.25, -0.2) is 0 Å². The molecule has 0 aliphatic rings. The average molecular weight is 293 g/mol. The molecule has 106 valence electrons. The van der Waals surface area contributed by atoms with E-state index in [-0.39, 0.29) is 0 Å². The summed E-state index contributed by atoms with van der Waals surface area (Å²) in [6.45, 7) is 5.15. The van der Waals surface area contributed by atoms with Crippen LogP contribution in [0.1, 0.15) is 16.0 Å². The number of thiophene rings is 1. The lowest BCUT2D eigenvalue weighted by Gasteiger charge is -2.09. The summed E-state index contributed by atoms with van der Waals surface area (Å²) >= 11 is 1.81. The largest absolute Gasteiger partial charge is 0.380 e. The van der Waals surface area contributed by atoms with Crippen molar-refractivity contribution in [1.29, 1.82) is 0 Å². The molecule has 3 rings (SSSR count). The summed E-state index contributed by atoms with van der Waals surface area (Å²) in [4.78, 5) is 1.36. The molecule has 0 spiro atoms. The van der Waals surface area contributed by atoms with Gasteiger partial charge in [0.1, 0.15) is 0 Å². The highest BCUT2D eigenvalue weighted by Crippen LogP contribution is 2.26. The molecule has 2 aromatic carbocycles. The fourth-order valence-corrected chi connectivity index (χ4v) is 3.20. The molecule has 0 aliphatic carbocycles. The van der Waals surface area contributed by atoms with Gasteiger partial charge < -0.3 is 5.32 Å². The Hall–Kier alpha value is -2.06. The number of hydrogen-bond donors (Lipinski definition) is 1. The van der Waals surface area contributed by atoms with Crippen LogP contribution >= 0.6 is 11.3 Å². The Morgan fingerprint density at radius 3 is 2.52 bits per heavy atom. The van der Waals surface area contributed by atoms with Crippen molar-refractivity contribution in [1.82, 2.24) is 0 Å². The molecule has 0 radical (unpaired) electrons. The van der Waals surface area contributed by atoms with Crippen LogP contribution in [0.25, 0.3) is 11.1 Å². The van der Waals surface area contributed by atoms with Gasteiger partial charge in [0, 0.05) is 17.1 Å². The topological polar surface area (TPSA) is 12.0 Å². The summed E-state index contributed by atoms with van der Waals surface area (Å²) in [7, 11) is 0. The molecule has 0 fully saturated rings. The van der Waals surface area contributed by atoms with E-state index in [1.165, 1.54) is 32.8 Å². The Bertz CT molecular complexity index is 728. The standard InChI is InChI=1S/C19H19NS/c1-14-8-9-15(2)19(10-14)20-12-18-11-17(13-21-18)16-6-4-3-5-7-16/h3-11,13,20H,12H2,1-2H3. The molecule has 1 heterocycles. The minimum atomic E-state index is 0.877. The maximum absolute atomic E-state index is 3.55. The quantitative estimate of drug-likeness (QED) is 0.656. The Labute approximate surface area is 130 Å². The van der Waals surface area contributed by atoms with Crippen LogP contribution in [0, 0.1) is 13.8 Å². The summed E-state index contributed by atoms with van der Waals surface area (Å²) in [5.74, 6) is 0. The van der Waals surface area contributed by atoms with Crippen LogP contribution in [0.4, 0.5) is 5.69 Å². The molecule has 1 N–H and O–H groups in total. The highest BCUT2D eigenvalue weighted by Gasteiger charge is 2.03. The molecule has 21 heavy (non-hydrogen) atoms. The molecule has 0 saturated carbocycles. The maximum Gasteiger partial charge on any atom is 0.0494 e. The second kappa shape index (κ2) is 6.15. The third-order valence-corrected chi connectivity index (χ3v) is 4.54. The van der Waals surface area contributed by atoms with Crippen LogP contribution in [-0.2, 0) is 6.54 Å². The van der Waals surface area contributed by atoms with Gasteiger partial charge in [-0.1, -0.05) is 42.5 Å². The minimum absolute atomic E-state index is 0.877. The van der Waals surface area contributed by atoms with E-state index in [2.05, 4.69) is 79.1 Å². The van der Waals surface area contributed by atoms with Gasteiger partial charge in [0.05, 0.1) is 0 Å². The maximum atomic E-state index is 3.55. The van der Waals surface area contributed by atoms with Crippen molar-refractivity contribution in [2.45, 2.75) is 20.4 Å². The molecule has 1 nitrogen and oxygen atoms in total. The second-order valence-corrected chi connectivity index (χ2v) is 6.34. The highest BCUT2D eigenvalue weighted by molar-refractivity contribution is 7.10. The molecule has 2 heteroatoms. The smallest absolute Gasteiger partial charge is 0.0494 e. The monoisotopic (exact) mass is 293 g/mol. The molecule has 0 aliphatic heterocycles. The zero-order valence-corrected chi connectivity index (χ0v) is 13.2. The summed E-state index contributed by atoms with van der Waals surface area (Å²) in [5, 5.41) is 5.78.